The highest BCUT2D eigenvalue weighted by Gasteiger charge is 2.20. The Morgan fingerprint density at radius 3 is 2.90 bits per heavy atom. The summed E-state index contributed by atoms with van der Waals surface area (Å²) in [5, 5.41) is 6.60. The fourth-order valence-electron chi connectivity index (χ4n) is 1.78. The molecule has 0 aliphatic heterocycles. The summed E-state index contributed by atoms with van der Waals surface area (Å²) in [5.41, 5.74) is 0.935. The monoisotopic (exact) mass is 278 g/mol. The van der Waals surface area contributed by atoms with Gasteiger partial charge in [-0.1, -0.05) is 12.1 Å². The van der Waals surface area contributed by atoms with E-state index in [9.17, 15) is 4.79 Å². The summed E-state index contributed by atoms with van der Waals surface area (Å²) in [7, 11) is 1.72. The fourth-order valence-corrected chi connectivity index (χ4v) is 1.78. The van der Waals surface area contributed by atoms with Gasteiger partial charge in [0.1, 0.15) is 6.04 Å². The number of carbonyl (C=O) groups is 1. The van der Waals surface area contributed by atoms with Crippen molar-refractivity contribution in [3.63, 3.8) is 0 Å². The van der Waals surface area contributed by atoms with Crippen LogP contribution in [0.3, 0.4) is 0 Å². The van der Waals surface area contributed by atoms with Crippen LogP contribution in [0.5, 0.6) is 0 Å². The first-order valence-corrected chi connectivity index (χ1v) is 6.43. The van der Waals surface area contributed by atoms with Gasteiger partial charge in [0.05, 0.1) is 19.1 Å². The van der Waals surface area contributed by atoms with Crippen LogP contribution in [0, 0.1) is 6.92 Å². The number of nitrogens with zero attached hydrogens (tertiary/aromatic N) is 3. The van der Waals surface area contributed by atoms with Gasteiger partial charge in [0.2, 0.25) is 5.89 Å². The van der Waals surface area contributed by atoms with Crippen LogP contribution in [-0.2, 0) is 6.54 Å². The van der Waals surface area contributed by atoms with E-state index in [1.807, 2.05) is 13.0 Å². The van der Waals surface area contributed by atoms with Gasteiger partial charge in [-0.2, -0.15) is 4.98 Å². The van der Waals surface area contributed by atoms with Gasteiger partial charge in [-0.25, -0.2) is 4.79 Å². The third-order valence-electron chi connectivity index (χ3n) is 2.89. The number of hydrogen-bond acceptors (Lipinski definition) is 5. The van der Waals surface area contributed by atoms with Gasteiger partial charge >= 0.3 is 6.03 Å². The lowest BCUT2D eigenvalue weighted by Crippen LogP contribution is -2.38. The molecule has 2 heterocycles. The van der Waals surface area contributed by atoms with Crippen molar-refractivity contribution in [1.82, 2.24) is 20.4 Å². The van der Waals surface area contributed by atoms with Crippen LogP contribution in [0.15, 0.2) is 27.5 Å². The molecule has 2 aromatic heterocycles. The second-order valence-electron chi connectivity index (χ2n) is 4.58. The quantitative estimate of drug-likeness (QED) is 0.906. The van der Waals surface area contributed by atoms with Gasteiger partial charge in [0, 0.05) is 12.6 Å². The molecule has 0 aromatic carbocycles. The fraction of sp³-hybridized carbons (Fsp3) is 0.462. The number of furan rings is 1. The number of hydrogen-bond donors (Lipinski definition) is 1. The lowest BCUT2D eigenvalue weighted by molar-refractivity contribution is 0.198. The van der Waals surface area contributed by atoms with Crippen molar-refractivity contribution in [2.75, 3.05) is 7.05 Å². The molecule has 0 saturated heterocycles. The highest BCUT2D eigenvalue weighted by molar-refractivity contribution is 5.74. The van der Waals surface area contributed by atoms with Gasteiger partial charge in [-0.05, 0) is 19.4 Å². The van der Waals surface area contributed by atoms with E-state index >= 15 is 0 Å². The second-order valence-corrected chi connectivity index (χ2v) is 4.58. The average Bonchev–Trinajstić information content (AvgIpc) is 3.07. The minimum Gasteiger partial charge on any atom is -0.472 e. The number of rotatable bonds is 5. The zero-order chi connectivity index (χ0) is 14.5. The van der Waals surface area contributed by atoms with E-state index in [0.29, 0.717) is 24.7 Å². The van der Waals surface area contributed by atoms with Gasteiger partial charge in [0.15, 0.2) is 5.82 Å². The molecule has 0 fully saturated rings. The zero-order valence-electron chi connectivity index (χ0n) is 11.8. The van der Waals surface area contributed by atoms with E-state index in [0.717, 1.165) is 5.56 Å². The molecule has 2 amide bonds. The Hall–Kier alpha value is -2.31. The molecule has 2 rings (SSSR count). The Bertz CT molecular complexity index is 550. The van der Waals surface area contributed by atoms with Crippen LogP contribution < -0.4 is 5.32 Å². The van der Waals surface area contributed by atoms with Crippen molar-refractivity contribution in [2.24, 2.45) is 0 Å². The minimum absolute atomic E-state index is 0.200. The predicted molar refractivity (Wildman–Crippen MR) is 70.8 cm³/mol. The maximum absolute atomic E-state index is 12.1. The smallest absolute Gasteiger partial charge is 0.318 e. The van der Waals surface area contributed by atoms with Crippen molar-refractivity contribution in [3.05, 3.63) is 35.9 Å². The lowest BCUT2D eigenvalue weighted by Gasteiger charge is -2.20. The maximum Gasteiger partial charge on any atom is 0.318 e. The van der Waals surface area contributed by atoms with E-state index < -0.39 is 0 Å². The van der Waals surface area contributed by atoms with Gasteiger partial charge in [-0.15, -0.1) is 0 Å². The minimum atomic E-state index is -0.282. The maximum atomic E-state index is 12.1. The van der Waals surface area contributed by atoms with Crippen LogP contribution in [-0.4, -0.2) is 28.1 Å². The summed E-state index contributed by atoms with van der Waals surface area (Å²) in [6.07, 6.45) is 3.87. The van der Waals surface area contributed by atoms with Crippen molar-refractivity contribution >= 4 is 6.03 Å². The van der Waals surface area contributed by atoms with Crippen LogP contribution in [0.4, 0.5) is 4.79 Å². The lowest BCUT2D eigenvalue weighted by atomic mass is 10.2. The molecule has 0 unspecified atom stereocenters. The Balaban J connectivity index is 1.95. The molecule has 0 radical (unpaired) electrons. The summed E-state index contributed by atoms with van der Waals surface area (Å²) in [5.74, 6) is 0.981. The first kappa shape index (κ1) is 14.1. The van der Waals surface area contributed by atoms with Gasteiger partial charge < -0.3 is 19.2 Å². The first-order valence-electron chi connectivity index (χ1n) is 6.43. The molecule has 7 heteroatoms. The molecule has 1 atom stereocenters. The van der Waals surface area contributed by atoms with Gasteiger partial charge in [-0.3, -0.25) is 0 Å². The summed E-state index contributed by atoms with van der Waals surface area (Å²) in [6, 6.07) is 1.34. The van der Waals surface area contributed by atoms with E-state index in [2.05, 4.69) is 15.5 Å². The Kier molecular flexibility index (Phi) is 4.39. The van der Waals surface area contributed by atoms with E-state index in [4.69, 9.17) is 8.94 Å². The largest absolute Gasteiger partial charge is 0.472 e. The first-order chi connectivity index (χ1) is 9.60. The Morgan fingerprint density at radius 1 is 1.55 bits per heavy atom. The van der Waals surface area contributed by atoms with Crippen molar-refractivity contribution in [2.45, 2.75) is 32.9 Å². The highest BCUT2D eigenvalue weighted by Crippen LogP contribution is 2.15. The standard InChI is InChI=1S/C13H18N4O3/c1-4-11(12-14-9(2)16-20-12)15-13(18)17(3)7-10-5-6-19-8-10/h5-6,8,11H,4,7H2,1-3H3,(H,15,18)/t11-/m1/s1. The second kappa shape index (κ2) is 6.23. The van der Waals surface area contributed by atoms with E-state index in [1.165, 1.54) is 0 Å². The topological polar surface area (TPSA) is 84.4 Å². The Labute approximate surface area is 116 Å². The average molecular weight is 278 g/mol. The molecule has 0 bridgehead atoms. The third kappa shape index (κ3) is 3.37. The molecular weight excluding hydrogens is 260 g/mol. The van der Waals surface area contributed by atoms with Crippen molar-refractivity contribution in [1.29, 1.82) is 0 Å². The number of carbonyl (C=O) groups excluding carboxylic acids is 1. The summed E-state index contributed by atoms with van der Waals surface area (Å²) in [6.45, 7) is 4.16. The summed E-state index contributed by atoms with van der Waals surface area (Å²) >= 11 is 0. The number of urea groups is 1. The van der Waals surface area contributed by atoms with E-state index in [-0.39, 0.29) is 12.1 Å². The molecule has 20 heavy (non-hydrogen) atoms. The van der Waals surface area contributed by atoms with Crippen molar-refractivity contribution in [3.8, 4) is 0 Å². The number of amides is 2. The summed E-state index contributed by atoms with van der Waals surface area (Å²) < 4.78 is 10.1. The molecule has 7 nitrogen and oxygen atoms in total. The molecule has 0 saturated carbocycles. The molecule has 0 aliphatic carbocycles. The number of nitrogens with one attached hydrogen (secondary N) is 1. The predicted octanol–water partition coefficient (Wildman–Crippen LogP) is 2.26. The van der Waals surface area contributed by atoms with Gasteiger partial charge in [0.25, 0.3) is 0 Å². The molecule has 1 N–H and O–H groups in total. The SMILES string of the molecule is CC[C@@H](NC(=O)N(C)Cc1ccoc1)c1nc(C)no1. The zero-order valence-corrected chi connectivity index (χ0v) is 11.8. The molecule has 0 spiro atoms. The molecular formula is C13H18N4O3. The number of aromatic nitrogens is 2. The van der Waals surface area contributed by atoms with Crippen LogP contribution in [0.25, 0.3) is 0 Å². The highest BCUT2D eigenvalue weighted by atomic mass is 16.5. The molecule has 0 aliphatic rings. The molecule has 2 aromatic rings. The van der Waals surface area contributed by atoms with Crippen LogP contribution in [0.2, 0.25) is 0 Å². The van der Waals surface area contributed by atoms with Crippen molar-refractivity contribution < 1.29 is 13.7 Å². The normalized spacial score (nSPS) is 12.2. The third-order valence-corrected chi connectivity index (χ3v) is 2.89. The molecule has 108 valence electrons. The van der Waals surface area contributed by atoms with Crippen LogP contribution >= 0.6 is 0 Å². The number of aryl methyl sites for hydroxylation is 1. The summed E-state index contributed by atoms with van der Waals surface area (Å²) in [4.78, 5) is 17.8. The Morgan fingerprint density at radius 2 is 2.35 bits per heavy atom. The van der Waals surface area contributed by atoms with E-state index in [1.54, 1.807) is 31.4 Å². The van der Waals surface area contributed by atoms with Crippen LogP contribution in [0.1, 0.15) is 36.7 Å².